The summed E-state index contributed by atoms with van der Waals surface area (Å²) >= 11 is 0. The maximum absolute atomic E-state index is 12.8. The highest BCUT2D eigenvalue weighted by Gasteiger charge is 2.47. The largest absolute Gasteiger partial charge is 0.384 e. The lowest BCUT2D eigenvalue weighted by molar-refractivity contribution is -0.0876. The van der Waals surface area contributed by atoms with Gasteiger partial charge in [0.05, 0.1) is 11.4 Å². The van der Waals surface area contributed by atoms with Crippen molar-refractivity contribution in [2.45, 2.75) is 31.6 Å². The summed E-state index contributed by atoms with van der Waals surface area (Å²) in [7, 11) is 0. The van der Waals surface area contributed by atoms with Crippen molar-refractivity contribution in [1.29, 1.82) is 0 Å². The van der Waals surface area contributed by atoms with Crippen LogP contribution >= 0.6 is 0 Å². The number of nitrogen functional groups attached to an aromatic ring is 1. The van der Waals surface area contributed by atoms with Gasteiger partial charge in [-0.25, -0.2) is 13.5 Å². The second-order valence-corrected chi connectivity index (χ2v) is 4.28. The van der Waals surface area contributed by atoms with E-state index < -0.39 is 5.92 Å². The zero-order valence-corrected chi connectivity index (χ0v) is 9.66. The lowest BCUT2D eigenvalue weighted by Gasteiger charge is -2.33. The molecule has 1 aromatic rings. The van der Waals surface area contributed by atoms with Crippen LogP contribution in [0.2, 0.25) is 0 Å². The molecule has 0 aromatic carbocycles. The molecule has 0 saturated heterocycles. The monoisotopic (exact) mass is 239 g/mol. The highest BCUT2D eigenvalue weighted by atomic mass is 19.3. The molecule has 0 bridgehead atoms. The summed E-state index contributed by atoms with van der Waals surface area (Å²) in [5, 5.41) is 4.26. The summed E-state index contributed by atoms with van der Waals surface area (Å²) in [5.41, 5.74) is 7.19. The third kappa shape index (κ3) is 2.09. The lowest BCUT2D eigenvalue weighted by atomic mass is 9.79. The van der Waals surface area contributed by atoms with Crippen molar-refractivity contribution in [3.8, 4) is 0 Å². The Hall–Kier alpha value is -1.65. The Bertz CT molecular complexity index is 466. The normalized spacial score (nSPS) is 20.1. The van der Waals surface area contributed by atoms with E-state index in [2.05, 4.69) is 11.7 Å². The molecular weight excluding hydrogens is 224 g/mol. The predicted octanol–water partition coefficient (Wildman–Crippen LogP) is 3.02. The van der Waals surface area contributed by atoms with Crippen LogP contribution in [0.5, 0.6) is 0 Å². The Morgan fingerprint density at radius 1 is 1.65 bits per heavy atom. The minimum Gasteiger partial charge on any atom is -0.384 e. The van der Waals surface area contributed by atoms with E-state index in [4.69, 9.17) is 5.73 Å². The van der Waals surface area contributed by atoms with Crippen molar-refractivity contribution in [3.05, 3.63) is 30.5 Å². The van der Waals surface area contributed by atoms with Crippen LogP contribution in [0.4, 0.5) is 14.6 Å². The van der Waals surface area contributed by atoms with Crippen LogP contribution in [0.25, 0.3) is 5.70 Å². The first-order chi connectivity index (χ1) is 7.96. The Labute approximate surface area is 98.6 Å². The first-order valence-electron chi connectivity index (χ1n) is 5.49. The molecule has 1 aromatic heterocycles. The molecule has 1 fully saturated rings. The standard InChI is InChI=1S/C12H15F2N3/c1-3-9(4-2)17-11(15)5-10(16-17)8-6-12(13,14)7-8/h3-5,8H,1,6-7,15H2,2H3/b9-4+. The van der Waals surface area contributed by atoms with Crippen LogP contribution in [-0.2, 0) is 0 Å². The van der Waals surface area contributed by atoms with E-state index in [0.29, 0.717) is 11.5 Å². The average Bonchev–Trinajstić information content (AvgIpc) is 2.59. The van der Waals surface area contributed by atoms with E-state index in [-0.39, 0.29) is 18.8 Å². The van der Waals surface area contributed by atoms with Crippen molar-refractivity contribution >= 4 is 11.5 Å². The molecule has 2 rings (SSSR count). The molecule has 0 spiro atoms. The van der Waals surface area contributed by atoms with Crippen molar-refractivity contribution in [1.82, 2.24) is 9.78 Å². The number of nitrogens with zero attached hydrogens (tertiary/aromatic N) is 2. The molecule has 2 N–H and O–H groups in total. The third-order valence-electron chi connectivity index (χ3n) is 3.01. The number of hydrogen-bond acceptors (Lipinski definition) is 2. The van der Waals surface area contributed by atoms with E-state index in [1.807, 2.05) is 13.0 Å². The quantitative estimate of drug-likeness (QED) is 0.824. The maximum atomic E-state index is 12.8. The summed E-state index contributed by atoms with van der Waals surface area (Å²) in [6.07, 6.45) is 3.17. The second-order valence-electron chi connectivity index (χ2n) is 4.28. The van der Waals surface area contributed by atoms with E-state index in [9.17, 15) is 8.78 Å². The topological polar surface area (TPSA) is 43.8 Å². The Balaban J connectivity index is 2.23. The molecule has 3 nitrogen and oxygen atoms in total. The van der Waals surface area contributed by atoms with Crippen LogP contribution in [-0.4, -0.2) is 15.7 Å². The van der Waals surface area contributed by atoms with Gasteiger partial charge in [0, 0.05) is 24.8 Å². The van der Waals surface area contributed by atoms with Crippen LogP contribution in [0, 0.1) is 0 Å². The summed E-state index contributed by atoms with van der Waals surface area (Å²) in [6.45, 7) is 5.50. The number of aromatic nitrogens is 2. The molecule has 1 aliphatic rings. The summed E-state index contributed by atoms with van der Waals surface area (Å²) in [4.78, 5) is 0. The lowest BCUT2D eigenvalue weighted by Crippen LogP contribution is -2.33. The van der Waals surface area contributed by atoms with Gasteiger partial charge in [0.15, 0.2) is 0 Å². The van der Waals surface area contributed by atoms with Crippen molar-refractivity contribution in [3.63, 3.8) is 0 Å². The van der Waals surface area contributed by atoms with Gasteiger partial charge < -0.3 is 5.73 Å². The number of halogens is 2. The number of alkyl halides is 2. The van der Waals surface area contributed by atoms with Gasteiger partial charge in [-0.1, -0.05) is 12.7 Å². The molecule has 17 heavy (non-hydrogen) atoms. The Morgan fingerprint density at radius 3 is 2.76 bits per heavy atom. The van der Waals surface area contributed by atoms with Gasteiger partial charge in [-0.15, -0.1) is 0 Å². The fraction of sp³-hybridized carbons (Fsp3) is 0.417. The fourth-order valence-corrected chi connectivity index (χ4v) is 2.02. The summed E-state index contributed by atoms with van der Waals surface area (Å²) < 4.78 is 27.1. The van der Waals surface area contributed by atoms with Crippen LogP contribution in [0.1, 0.15) is 31.4 Å². The molecule has 1 saturated carbocycles. The fourth-order valence-electron chi connectivity index (χ4n) is 2.02. The van der Waals surface area contributed by atoms with E-state index >= 15 is 0 Å². The SMILES string of the molecule is C=C/C(=C\C)n1nc(C2CC(F)(F)C2)cc1N. The zero-order chi connectivity index (χ0) is 12.6. The number of anilines is 1. The van der Waals surface area contributed by atoms with Gasteiger partial charge in [0.1, 0.15) is 5.82 Å². The second kappa shape index (κ2) is 3.98. The molecule has 92 valence electrons. The molecule has 5 heteroatoms. The predicted molar refractivity (Wildman–Crippen MR) is 63.7 cm³/mol. The molecule has 1 aliphatic carbocycles. The molecule has 0 unspecified atom stereocenters. The smallest absolute Gasteiger partial charge is 0.249 e. The average molecular weight is 239 g/mol. The first-order valence-corrected chi connectivity index (χ1v) is 5.49. The number of nitrogens with two attached hydrogens (primary N) is 1. The molecule has 0 aliphatic heterocycles. The molecule has 0 atom stereocenters. The minimum atomic E-state index is -2.54. The van der Waals surface area contributed by atoms with Crippen molar-refractivity contribution in [2.75, 3.05) is 5.73 Å². The molecule has 1 heterocycles. The van der Waals surface area contributed by atoms with Crippen molar-refractivity contribution in [2.24, 2.45) is 0 Å². The third-order valence-corrected chi connectivity index (χ3v) is 3.01. The molecule has 0 amide bonds. The summed E-state index contributed by atoms with van der Waals surface area (Å²) in [5.74, 6) is -2.27. The van der Waals surface area contributed by atoms with Gasteiger partial charge in [-0.3, -0.25) is 0 Å². The van der Waals surface area contributed by atoms with Gasteiger partial charge >= 0.3 is 0 Å². The van der Waals surface area contributed by atoms with Gasteiger partial charge in [0.2, 0.25) is 5.92 Å². The molecular formula is C12H15F2N3. The van der Waals surface area contributed by atoms with Crippen LogP contribution in [0.3, 0.4) is 0 Å². The van der Waals surface area contributed by atoms with Crippen LogP contribution < -0.4 is 5.73 Å². The zero-order valence-electron chi connectivity index (χ0n) is 9.66. The van der Waals surface area contributed by atoms with Gasteiger partial charge in [-0.2, -0.15) is 5.10 Å². The first kappa shape index (κ1) is 11.8. The van der Waals surface area contributed by atoms with Gasteiger partial charge in [-0.05, 0) is 13.0 Å². The number of allylic oxidation sites excluding steroid dienone is 3. The number of hydrogen-bond donors (Lipinski definition) is 1. The molecule has 0 radical (unpaired) electrons. The highest BCUT2D eigenvalue weighted by molar-refractivity contribution is 5.60. The summed E-state index contributed by atoms with van der Waals surface area (Å²) in [6, 6.07) is 1.66. The highest BCUT2D eigenvalue weighted by Crippen LogP contribution is 2.48. The van der Waals surface area contributed by atoms with Crippen molar-refractivity contribution < 1.29 is 8.78 Å². The van der Waals surface area contributed by atoms with Gasteiger partial charge in [0.25, 0.3) is 0 Å². The van der Waals surface area contributed by atoms with E-state index in [0.717, 1.165) is 5.70 Å². The van der Waals surface area contributed by atoms with E-state index in [1.54, 1.807) is 12.1 Å². The van der Waals surface area contributed by atoms with Crippen LogP contribution in [0.15, 0.2) is 24.8 Å². The number of rotatable bonds is 3. The minimum absolute atomic E-state index is 0.136. The van der Waals surface area contributed by atoms with E-state index in [1.165, 1.54) is 4.68 Å². The Kier molecular flexibility index (Phi) is 2.77. The maximum Gasteiger partial charge on any atom is 0.249 e. The Morgan fingerprint density at radius 2 is 2.29 bits per heavy atom.